The number of anilines is 2. The van der Waals surface area contributed by atoms with E-state index in [-0.39, 0.29) is 31.0 Å². The van der Waals surface area contributed by atoms with Crippen LogP contribution >= 0.6 is 11.8 Å². The van der Waals surface area contributed by atoms with Gasteiger partial charge in [-0.1, -0.05) is 48.5 Å². The monoisotopic (exact) mass is 482 g/mol. The van der Waals surface area contributed by atoms with Gasteiger partial charge < -0.3 is 15.4 Å². The van der Waals surface area contributed by atoms with Crippen LogP contribution in [0.25, 0.3) is 0 Å². The fraction of sp³-hybridized carbons (Fsp3) is 0.250. The molecule has 0 aliphatic carbocycles. The first kappa shape index (κ1) is 24.8. The number of rotatable bonds is 10. The van der Waals surface area contributed by atoms with Crippen LogP contribution in [0.1, 0.15) is 18.9 Å². The number of H-pyrrole nitrogens is 1. The second-order valence-corrected chi connectivity index (χ2v) is 8.44. The molecule has 1 heterocycles. The van der Waals surface area contributed by atoms with E-state index >= 15 is 0 Å². The van der Waals surface area contributed by atoms with Crippen molar-refractivity contribution in [3.8, 4) is 0 Å². The Bertz CT molecular complexity index is 1240. The number of nitrogens with zero attached hydrogens (tertiary/aromatic N) is 2. The first-order chi connectivity index (χ1) is 16.4. The van der Waals surface area contributed by atoms with E-state index in [1.54, 1.807) is 6.92 Å². The van der Waals surface area contributed by atoms with Crippen LogP contribution in [0.3, 0.4) is 0 Å². The van der Waals surface area contributed by atoms with Crippen molar-refractivity contribution in [2.75, 3.05) is 29.5 Å². The summed E-state index contributed by atoms with van der Waals surface area (Å²) < 4.78 is 6.30. The summed E-state index contributed by atoms with van der Waals surface area (Å²) in [4.78, 5) is 54.1. The molecule has 0 radical (unpaired) electrons. The van der Waals surface area contributed by atoms with Crippen LogP contribution in [0.2, 0.25) is 0 Å². The van der Waals surface area contributed by atoms with E-state index < -0.39 is 29.7 Å². The maximum Gasteiger partial charge on any atom is 0.330 e. The number of ether oxygens (including phenoxy) is 1. The number of hydrogen-bond donors (Lipinski definition) is 2. The lowest BCUT2D eigenvalue weighted by atomic mass is 10.2. The third-order valence-corrected chi connectivity index (χ3v) is 5.97. The average Bonchev–Trinajstić information content (AvgIpc) is 2.84. The Hall–Kier alpha value is -3.79. The molecule has 1 amide bonds. The van der Waals surface area contributed by atoms with Crippen molar-refractivity contribution in [3.05, 3.63) is 87.1 Å². The molecule has 0 spiro atoms. The van der Waals surface area contributed by atoms with E-state index in [1.807, 2.05) is 60.7 Å². The molecule has 10 heteroatoms. The minimum Gasteiger partial charge on any atom is -0.456 e. The molecule has 0 aliphatic heterocycles. The van der Waals surface area contributed by atoms with Gasteiger partial charge in [-0.3, -0.25) is 23.9 Å². The average molecular weight is 483 g/mol. The number of nitrogens with one attached hydrogen (secondary N) is 1. The number of esters is 1. The normalized spacial score (nSPS) is 10.6. The number of hydrogen-bond acceptors (Lipinski definition) is 7. The number of thioether (sulfide) groups is 1. The smallest absolute Gasteiger partial charge is 0.330 e. The lowest BCUT2D eigenvalue weighted by Crippen LogP contribution is -2.42. The van der Waals surface area contributed by atoms with Crippen LogP contribution in [-0.4, -0.2) is 40.3 Å². The molecular formula is C24H26N4O5S. The van der Waals surface area contributed by atoms with E-state index in [4.69, 9.17) is 10.5 Å². The summed E-state index contributed by atoms with van der Waals surface area (Å²) in [5.41, 5.74) is 5.34. The van der Waals surface area contributed by atoms with Crippen LogP contribution < -0.4 is 21.9 Å². The Morgan fingerprint density at radius 1 is 1.06 bits per heavy atom. The minimum absolute atomic E-state index is 0.0943. The Morgan fingerprint density at radius 3 is 2.35 bits per heavy atom. The molecule has 0 atom stereocenters. The molecule has 9 nitrogen and oxygen atoms in total. The van der Waals surface area contributed by atoms with Gasteiger partial charge >= 0.3 is 11.7 Å². The van der Waals surface area contributed by atoms with Crippen molar-refractivity contribution in [3.63, 3.8) is 0 Å². The molecule has 0 unspecified atom stereocenters. The highest BCUT2D eigenvalue weighted by Gasteiger charge is 2.24. The number of benzene rings is 2. The number of nitrogen functional groups attached to an aromatic ring is 1. The number of carbonyl (C=O) groups excluding carboxylic acids is 2. The van der Waals surface area contributed by atoms with Crippen molar-refractivity contribution >= 4 is 35.1 Å². The zero-order valence-electron chi connectivity index (χ0n) is 18.7. The zero-order chi connectivity index (χ0) is 24.5. The number of likely N-dealkylation sites (N-methyl/N-ethyl adjacent to an activating group) is 1. The molecule has 0 saturated heterocycles. The highest BCUT2D eigenvalue weighted by molar-refractivity contribution is 7.99. The molecule has 0 bridgehead atoms. The highest BCUT2D eigenvalue weighted by atomic mass is 32.2. The molecule has 3 rings (SSSR count). The standard InChI is InChI=1S/C24H26N4O5S/c1-2-27(19(29)16-33-20(30)13-14-34-18-11-7-4-8-12-18)21-22(25)28(24(32)26-23(21)31)15-17-9-5-3-6-10-17/h3-12H,2,13-16,25H2,1H3,(H,26,31,32). The van der Waals surface area contributed by atoms with Gasteiger partial charge in [-0.15, -0.1) is 11.8 Å². The fourth-order valence-corrected chi connectivity index (χ4v) is 4.14. The summed E-state index contributed by atoms with van der Waals surface area (Å²) in [6.07, 6.45) is 0.129. The van der Waals surface area contributed by atoms with Crippen LogP contribution in [0.5, 0.6) is 0 Å². The highest BCUT2D eigenvalue weighted by Crippen LogP contribution is 2.19. The van der Waals surface area contributed by atoms with Crippen LogP contribution in [0, 0.1) is 0 Å². The Kier molecular flexibility index (Phi) is 8.69. The molecule has 3 aromatic rings. The largest absolute Gasteiger partial charge is 0.456 e. The summed E-state index contributed by atoms with van der Waals surface area (Å²) in [6, 6.07) is 18.7. The third kappa shape index (κ3) is 6.38. The number of amides is 1. The van der Waals surface area contributed by atoms with E-state index in [1.165, 1.54) is 16.3 Å². The van der Waals surface area contributed by atoms with Crippen molar-refractivity contribution in [1.29, 1.82) is 0 Å². The maximum atomic E-state index is 12.8. The Labute approximate surface area is 200 Å². The van der Waals surface area contributed by atoms with Gasteiger partial charge in [0.15, 0.2) is 12.3 Å². The second-order valence-electron chi connectivity index (χ2n) is 7.28. The number of nitrogens with two attached hydrogens (primary N) is 1. The molecule has 34 heavy (non-hydrogen) atoms. The second kappa shape index (κ2) is 11.9. The predicted molar refractivity (Wildman–Crippen MR) is 132 cm³/mol. The van der Waals surface area contributed by atoms with Gasteiger partial charge in [-0.05, 0) is 24.6 Å². The van der Waals surface area contributed by atoms with Gasteiger partial charge in [0.25, 0.3) is 11.5 Å². The van der Waals surface area contributed by atoms with Gasteiger partial charge in [-0.2, -0.15) is 0 Å². The molecule has 0 saturated carbocycles. The lowest BCUT2D eigenvalue weighted by molar-refractivity contribution is -0.147. The molecule has 2 aromatic carbocycles. The maximum absolute atomic E-state index is 12.8. The van der Waals surface area contributed by atoms with E-state index in [0.717, 1.165) is 15.4 Å². The summed E-state index contributed by atoms with van der Waals surface area (Å²) in [6.45, 7) is 1.33. The van der Waals surface area contributed by atoms with Crippen molar-refractivity contribution < 1.29 is 14.3 Å². The Morgan fingerprint density at radius 2 is 1.71 bits per heavy atom. The lowest BCUT2D eigenvalue weighted by Gasteiger charge is -2.23. The summed E-state index contributed by atoms with van der Waals surface area (Å²) in [5, 5.41) is 0. The van der Waals surface area contributed by atoms with Gasteiger partial charge in [-0.25, -0.2) is 4.79 Å². The van der Waals surface area contributed by atoms with E-state index in [0.29, 0.717) is 5.75 Å². The van der Waals surface area contributed by atoms with Gasteiger partial charge in [0.2, 0.25) is 0 Å². The van der Waals surface area contributed by atoms with Crippen molar-refractivity contribution in [1.82, 2.24) is 9.55 Å². The van der Waals surface area contributed by atoms with Gasteiger partial charge in [0.1, 0.15) is 5.82 Å². The summed E-state index contributed by atoms with van der Waals surface area (Å²) in [5.74, 6) is -0.776. The topological polar surface area (TPSA) is 127 Å². The zero-order valence-corrected chi connectivity index (χ0v) is 19.5. The first-order valence-electron chi connectivity index (χ1n) is 10.7. The van der Waals surface area contributed by atoms with Crippen LogP contribution in [0.15, 0.2) is 75.1 Å². The Balaban J connectivity index is 1.67. The van der Waals surface area contributed by atoms with Crippen molar-refractivity contribution in [2.45, 2.75) is 24.8 Å². The van der Waals surface area contributed by atoms with Gasteiger partial charge in [0.05, 0.1) is 13.0 Å². The number of aromatic nitrogens is 2. The number of aromatic amines is 1. The van der Waals surface area contributed by atoms with Crippen LogP contribution in [0.4, 0.5) is 11.5 Å². The molecular weight excluding hydrogens is 456 g/mol. The predicted octanol–water partition coefficient (Wildman–Crippen LogP) is 2.25. The molecule has 1 aromatic heterocycles. The molecule has 3 N–H and O–H groups in total. The molecule has 0 fully saturated rings. The summed E-state index contributed by atoms with van der Waals surface area (Å²) >= 11 is 1.51. The fourth-order valence-electron chi connectivity index (χ4n) is 3.28. The minimum atomic E-state index is -0.785. The van der Waals surface area contributed by atoms with Crippen molar-refractivity contribution in [2.24, 2.45) is 0 Å². The molecule has 0 aliphatic rings. The van der Waals surface area contributed by atoms with E-state index in [9.17, 15) is 19.2 Å². The van der Waals surface area contributed by atoms with Gasteiger partial charge in [0, 0.05) is 17.2 Å². The third-order valence-electron chi connectivity index (χ3n) is 4.96. The van der Waals surface area contributed by atoms with E-state index in [2.05, 4.69) is 4.98 Å². The first-order valence-corrected chi connectivity index (χ1v) is 11.7. The number of carbonyl (C=O) groups is 2. The van der Waals surface area contributed by atoms with Crippen LogP contribution in [-0.2, 0) is 20.9 Å². The quantitative estimate of drug-likeness (QED) is 0.335. The SMILES string of the molecule is CCN(C(=O)COC(=O)CCSc1ccccc1)c1c(N)n(Cc2ccccc2)c(=O)[nH]c1=O. The summed E-state index contributed by atoms with van der Waals surface area (Å²) in [7, 11) is 0. The molecule has 178 valence electrons.